The van der Waals surface area contributed by atoms with E-state index in [2.05, 4.69) is 10.2 Å². The van der Waals surface area contributed by atoms with Crippen LogP contribution in [0, 0.1) is 5.92 Å². The number of carbonyl (C=O) groups excluding carboxylic acids is 1. The van der Waals surface area contributed by atoms with Crippen molar-refractivity contribution < 1.29 is 4.79 Å². The van der Waals surface area contributed by atoms with Gasteiger partial charge in [0.15, 0.2) is 0 Å². The van der Waals surface area contributed by atoms with Crippen molar-refractivity contribution in [3.05, 3.63) is 28.7 Å². The van der Waals surface area contributed by atoms with Crippen LogP contribution in [0.15, 0.2) is 23.1 Å². The largest absolute Gasteiger partial charge is 0.398 e. The van der Waals surface area contributed by atoms with E-state index in [-0.39, 0.29) is 11.5 Å². The number of pyridine rings is 1. The van der Waals surface area contributed by atoms with Crippen molar-refractivity contribution in [2.45, 2.75) is 26.3 Å². The smallest absolute Gasteiger partial charge is 0.250 e. The Morgan fingerprint density at radius 2 is 2.05 bits per heavy atom. The standard InChI is InChI=1S/C15H24N4O2/c1-12(20)17-10-13-4-6-18(7-5-13)8-9-19-11-14(16)2-3-15(19)21/h2-3,11,13H,4-10,16H2,1H3,(H,17,20). The molecule has 1 fully saturated rings. The number of anilines is 1. The summed E-state index contributed by atoms with van der Waals surface area (Å²) in [5, 5.41) is 2.88. The average Bonchev–Trinajstić information content (AvgIpc) is 2.47. The summed E-state index contributed by atoms with van der Waals surface area (Å²) in [6.45, 7) is 5.88. The van der Waals surface area contributed by atoms with Crippen molar-refractivity contribution in [2.75, 3.05) is 31.9 Å². The molecule has 1 saturated heterocycles. The Labute approximate surface area is 124 Å². The van der Waals surface area contributed by atoms with Gasteiger partial charge in [-0.25, -0.2) is 0 Å². The molecule has 3 N–H and O–H groups in total. The molecule has 1 amide bonds. The third kappa shape index (κ3) is 4.90. The summed E-state index contributed by atoms with van der Waals surface area (Å²) in [4.78, 5) is 25.0. The molecular weight excluding hydrogens is 268 g/mol. The lowest BCUT2D eigenvalue weighted by atomic mass is 9.97. The lowest BCUT2D eigenvalue weighted by molar-refractivity contribution is -0.119. The van der Waals surface area contributed by atoms with Crippen LogP contribution >= 0.6 is 0 Å². The molecule has 0 radical (unpaired) electrons. The fourth-order valence-electron chi connectivity index (χ4n) is 2.68. The van der Waals surface area contributed by atoms with Gasteiger partial charge in [0.25, 0.3) is 5.56 Å². The van der Waals surface area contributed by atoms with E-state index in [1.54, 1.807) is 23.8 Å². The van der Waals surface area contributed by atoms with Crippen LogP contribution in [-0.4, -0.2) is 41.6 Å². The number of piperidine rings is 1. The predicted molar refractivity (Wildman–Crippen MR) is 83.0 cm³/mol. The zero-order valence-electron chi connectivity index (χ0n) is 12.5. The van der Waals surface area contributed by atoms with E-state index in [1.807, 2.05) is 0 Å². The minimum absolute atomic E-state index is 0.00950. The van der Waals surface area contributed by atoms with Crippen molar-refractivity contribution in [3.63, 3.8) is 0 Å². The van der Waals surface area contributed by atoms with E-state index in [4.69, 9.17) is 5.73 Å². The lowest BCUT2D eigenvalue weighted by Gasteiger charge is -2.32. The first-order valence-electron chi connectivity index (χ1n) is 7.47. The first-order valence-corrected chi connectivity index (χ1v) is 7.47. The normalized spacial score (nSPS) is 16.8. The lowest BCUT2D eigenvalue weighted by Crippen LogP contribution is -2.40. The van der Waals surface area contributed by atoms with Gasteiger partial charge in [-0.05, 0) is 37.9 Å². The number of amides is 1. The molecule has 116 valence electrons. The molecule has 0 spiro atoms. The second kappa shape index (κ2) is 7.26. The van der Waals surface area contributed by atoms with Gasteiger partial charge >= 0.3 is 0 Å². The van der Waals surface area contributed by atoms with E-state index in [0.717, 1.165) is 39.0 Å². The molecule has 21 heavy (non-hydrogen) atoms. The zero-order valence-corrected chi connectivity index (χ0v) is 12.5. The number of nitrogens with zero attached hydrogens (tertiary/aromatic N) is 2. The van der Waals surface area contributed by atoms with Gasteiger partial charge in [-0.3, -0.25) is 9.59 Å². The van der Waals surface area contributed by atoms with Crippen molar-refractivity contribution in [1.29, 1.82) is 0 Å². The summed E-state index contributed by atoms with van der Waals surface area (Å²) in [5.74, 6) is 0.610. The average molecular weight is 292 g/mol. The van der Waals surface area contributed by atoms with Crippen molar-refractivity contribution >= 4 is 11.6 Å². The quantitative estimate of drug-likeness (QED) is 0.817. The molecule has 1 aliphatic rings. The monoisotopic (exact) mass is 292 g/mol. The number of carbonyl (C=O) groups is 1. The maximum absolute atomic E-state index is 11.7. The topological polar surface area (TPSA) is 80.4 Å². The SMILES string of the molecule is CC(=O)NCC1CCN(CCn2cc(N)ccc2=O)CC1. The number of rotatable bonds is 5. The molecule has 2 rings (SSSR count). The van der Waals surface area contributed by atoms with Crippen LogP contribution in [0.1, 0.15) is 19.8 Å². The molecule has 1 aliphatic heterocycles. The van der Waals surface area contributed by atoms with Gasteiger partial charge < -0.3 is 20.5 Å². The van der Waals surface area contributed by atoms with Crippen LogP contribution in [0.5, 0.6) is 0 Å². The third-order valence-corrected chi connectivity index (χ3v) is 4.01. The number of hydrogen-bond donors (Lipinski definition) is 2. The summed E-state index contributed by atoms with van der Waals surface area (Å²) in [7, 11) is 0. The molecule has 6 nitrogen and oxygen atoms in total. The minimum atomic E-state index is -0.00950. The Hall–Kier alpha value is -1.82. The number of aromatic nitrogens is 1. The number of likely N-dealkylation sites (tertiary alicyclic amines) is 1. The van der Waals surface area contributed by atoms with Crippen molar-refractivity contribution in [1.82, 2.24) is 14.8 Å². The Kier molecular flexibility index (Phi) is 5.38. The maximum Gasteiger partial charge on any atom is 0.250 e. The summed E-state index contributed by atoms with van der Waals surface area (Å²) >= 11 is 0. The predicted octanol–water partition coefficient (Wildman–Crippen LogP) is 0.279. The highest BCUT2D eigenvalue weighted by molar-refractivity contribution is 5.72. The van der Waals surface area contributed by atoms with E-state index in [9.17, 15) is 9.59 Å². The van der Waals surface area contributed by atoms with Gasteiger partial charge in [-0.2, -0.15) is 0 Å². The van der Waals surface area contributed by atoms with Gasteiger partial charge in [0, 0.05) is 44.5 Å². The number of nitrogens with two attached hydrogens (primary N) is 1. The second-order valence-corrected chi connectivity index (χ2v) is 5.72. The van der Waals surface area contributed by atoms with E-state index in [1.165, 1.54) is 6.07 Å². The molecule has 0 aliphatic carbocycles. The second-order valence-electron chi connectivity index (χ2n) is 5.72. The van der Waals surface area contributed by atoms with Crippen LogP contribution < -0.4 is 16.6 Å². The summed E-state index contributed by atoms with van der Waals surface area (Å²) in [5.41, 5.74) is 6.31. The molecule has 6 heteroatoms. The van der Waals surface area contributed by atoms with Gasteiger partial charge in [0.1, 0.15) is 0 Å². The molecular formula is C15H24N4O2. The molecule has 0 unspecified atom stereocenters. The summed E-state index contributed by atoms with van der Waals surface area (Å²) < 4.78 is 1.67. The van der Waals surface area contributed by atoms with Gasteiger partial charge in [-0.1, -0.05) is 0 Å². The Balaban J connectivity index is 1.75. The van der Waals surface area contributed by atoms with Gasteiger partial charge in [0.05, 0.1) is 0 Å². The molecule has 1 aromatic heterocycles. The van der Waals surface area contributed by atoms with Crippen molar-refractivity contribution in [3.8, 4) is 0 Å². The third-order valence-electron chi connectivity index (χ3n) is 4.01. The van der Waals surface area contributed by atoms with Crippen LogP contribution in [0.2, 0.25) is 0 Å². The van der Waals surface area contributed by atoms with Crippen LogP contribution in [0.25, 0.3) is 0 Å². The van der Waals surface area contributed by atoms with Crippen LogP contribution in [-0.2, 0) is 11.3 Å². The summed E-state index contributed by atoms with van der Waals surface area (Å²) in [6.07, 6.45) is 3.88. The van der Waals surface area contributed by atoms with Crippen LogP contribution in [0.3, 0.4) is 0 Å². The zero-order chi connectivity index (χ0) is 15.2. The molecule has 1 aromatic rings. The molecule has 0 atom stereocenters. The number of nitrogen functional groups attached to an aromatic ring is 1. The first kappa shape index (κ1) is 15.6. The Bertz CT molecular complexity index is 533. The van der Waals surface area contributed by atoms with E-state index < -0.39 is 0 Å². The highest BCUT2D eigenvalue weighted by Gasteiger charge is 2.19. The molecule has 0 saturated carbocycles. The molecule has 2 heterocycles. The highest BCUT2D eigenvalue weighted by Crippen LogP contribution is 2.16. The Morgan fingerprint density at radius 1 is 1.33 bits per heavy atom. The highest BCUT2D eigenvalue weighted by atomic mass is 16.1. The number of hydrogen-bond acceptors (Lipinski definition) is 4. The fourth-order valence-corrected chi connectivity index (χ4v) is 2.68. The van der Waals surface area contributed by atoms with E-state index >= 15 is 0 Å². The Morgan fingerprint density at radius 3 is 2.71 bits per heavy atom. The molecule has 0 bridgehead atoms. The minimum Gasteiger partial charge on any atom is -0.398 e. The first-order chi connectivity index (χ1) is 10.0. The fraction of sp³-hybridized carbons (Fsp3) is 0.600. The van der Waals surface area contributed by atoms with Gasteiger partial charge in [-0.15, -0.1) is 0 Å². The van der Waals surface area contributed by atoms with Crippen molar-refractivity contribution in [2.24, 2.45) is 5.92 Å². The summed E-state index contributed by atoms with van der Waals surface area (Å²) in [6, 6.07) is 3.14. The van der Waals surface area contributed by atoms with Gasteiger partial charge in [0.2, 0.25) is 5.91 Å². The van der Waals surface area contributed by atoms with E-state index in [0.29, 0.717) is 18.2 Å². The molecule has 0 aromatic carbocycles. The van der Waals surface area contributed by atoms with Crippen LogP contribution in [0.4, 0.5) is 5.69 Å². The number of nitrogens with one attached hydrogen (secondary N) is 1. The maximum atomic E-state index is 11.7.